The highest BCUT2D eigenvalue weighted by molar-refractivity contribution is 5.87. The van der Waals surface area contributed by atoms with Crippen LogP contribution in [0.4, 0.5) is 0 Å². The van der Waals surface area contributed by atoms with Gasteiger partial charge in [0.05, 0.1) is 18.3 Å². The number of benzene rings is 3. The third kappa shape index (κ3) is 4.02. The second kappa shape index (κ2) is 7.91. The van der Waals surface area contributed by atoms with Crippen LogP contribution in [0.3, 0.4) is 0 Å². The Morgan fingerprint density at radius 1 is 1.04 bits per heavy atom. The molecule has 4 nitrogen and oxygen atoms in total. The van der Waals surface area contributed by atoms with Gasteiger partial charge in [0.2, 0.25) is 0 Å². The van der Waals surface area contributed by atoms with Gasteiger partial charge in [0.15, 0.2) is 0 Å². The first kappa shape index (κ1) is 17.7. The molecule has 1 fully saturated rings. The summed E-state index contributed by atoms with van der Waals surface area (Å²) in [5, 5.41) is 15.1. The van der Waals surface area contributed by atoms with Crippen LogP contribution in [0.25, 0.3) is 10.8 Å². The van der Waals surface area contributed by atoms with Crippen molar-refractivity contribution in [2.45, 2.75) is 25.0 Å². The van der Waals surface area contributed by atoms with Crippen LogP contribution in [0, 0.1) is 0 Å². The minimum absolute atomic E-state index is 0.0225. The summed E-state index contributed by atoms with van der Waals surface area (Å²) in [5.41, 5.74) is 2.52. The number of aromatic carboxylic acids is 1. The molecule has 0 aromatic heterocycles. The van der Waals surface area contributed by atoms with Gasteiger partial charge in [-0.1, -0.05) is 48.5 Å². The van der Waals surface area contributed by atoms with E-state index in [1.807, 2.05) is 24.3 Å². The zero-order valence-corrected chi connectivity index (χ0v) is 15.1. The lowest BCUT2D eigenvalue weighted by Gasteiger charge is -2.32. The van der Waals surface area contributed by atoms with Gasteiger partial charge in [-0.15, -0.1) is 0 Å². The van der Waals surface area contributed by atoms with Gasteiger partial charge in [-0.25, -0.2) is 4.79 Å². The molecule has 3 aromatic carbocycles. The Morgan fingerprint density at radius 3 is 2.74 bits per heavy atom. The Labute approximate surface area is 158 Å². The van der Waals surface area contributed by atoms with Crippen LogP contribution in [-0.2, 0) is 11.3 Å². The molecule has 138 valence electrons. The number of hydrogen-bond acceptors (Lipinski definition) is 3. The van der Waals surface area contributed by atoms with Gasteiger partial charge in [-0.3, -0.25) is 0 Å². The summed E-state index contributed by atoms with van der Waals surface area (Å²) in [6, 6.07) is 22.0. The van der Waals surface area contributed by atoms with E-state index in [4.69, 9.17) is 4.74 Å². The number of carbonyl (C=O) groups is 1. The van der Waals surface area contributed by atoms with Crippen molar-refractivity contribution in [3.8, 4) is 0 Å². The predicted molar refractivity (Wildman–Crippen MR) is 106 cm³/mol. The van der Waals surface area contributed by atoms with Crippen molar-refractivity contribution < 1.29 is 14.6 Å². The highest BCUT2D eigenvalue weighted by Gasteiger charge is 2.27. The Balaban J connectivity index is 1.50. The van der Waals surface area contributed by atoms with Gasteiger partial charge in [-0.05, 0) is 53.1 Å². The molecule has 0 amide bonds. The normalized spacial score (nSPS) is 19.9. The standard InChI is InChI=1S/C23H23NO3/c25-23(26)20-7-3-6-19(13-20)21-10-11-24-14-22(21)27-15-16-8-9-17-4-1-2-5-18(17)12-16/h1-9,12-13,21-22,24H,10-11,14-15H2,(H,25,26). The van der Waals surface area contributed by atoms with E-state index in [0.29, 0.717) is 12.2 Å². The van der Waals surface area contributed by atoms with E-state index in [2.05, 4.69) is 35.6 Å². The van der Waals surface area contributed by atoms with Crippen molar-refractivity contribution in [1.29, 1.82) is 0 Å². The predicted octanol–water partition coefficient (Wildman–Crippen LogP) is 4.20. The highest BCUT2D eigenvalue weighted by Crippen LogP contribution is 2.29. The van der Waals surface area contributed by atoms with Gasteiger partial charge < -0.3 is 15.2 Å². The third-order valence-electron chi connectivity index (χ3n) is 5.27. The average Bonchev–Trinajstić information content (AvgIpc) is 2.72. The first-order valence-electron chi connectivity index (χ1n) is 9.34. The molecule has 1 saturated heterocycles. The maximum Gasteiger partial charge on any atom is 0.335 e. The molecule has 2 N–H and O–H groups in total. The summed E-state index contributed by atoms with van der Waals surface area (Å²) in [4.78, 5) is 11.3. The number of piperidine rings is 1. The zero-order valence-electron chi connectivity index (χ0n) is 15.1. The van der Waals surface area contributed by atoms with Crippen molar-refractivity contribution in [2.24, 2.45) is 0 Å². The molecular weight excluding hydrogens is 338 g/mol. The topological polar surface area (TPSA) is 58.6 Å². The van der Waals surface area contributed by atoms with E-state index in [-0.39, 0.29) is 12.0 Å². The molecule has 4 heteroatoms. The second-order valence-electron chi connectivity index (χ2n) is 7.06. The molecule has 1 aliphatic heterocycles. The number of hydrogen-bond donors (Lipinski definition) is 2. The average molecular weight is 361 g/mol. The molecular formula is C23H23NO3. The molecule has 0 radical (unpaired) electrons. The van der Waals surface area contributed by atoms with Crippen LogP contribution in [0.2, 0.25) is 0 Å². The van der Waals surface area contributed by atoms with Crippen LogP contribution in [0.5, 0.6) is 0 Å². The molecule has 2 unspecified atom stereocenters. The molecule has 1 heterocycles. The molecule has 2 atom stereocenters. The SMILES string of the molecule is O=C(O)c1cccc(C2CCNCC2OCc2ccc3ccccc3c2)c1. The second-order valence-corrected chi connectivity index (χ2v) is 7.06. The van der Waals surface area contributed by atoms with Gasteiger partial charge in [0.25, 0.3) is 0 Å². The fourth-order valence-electron chi connectivity index (χ4n) is 3.82. The van der Waals surface area contributed by atoms with Gasteiger partial charge in [-0.2, -0.15) is 0 Å². The molecule has 0 saturated carbocycles. The molecule has 0 spiro atoms. The minimum atomic E-state index is -0.889. The van der Waals surface area contributed by atoms with Gasteiger partial charge in [0, 0.05) is 12.5 Å². The van der Waals surface area contributed by atoms with E-state index >= 15 is 0 Å². The molecule has 4 rings (SSSR count). The lowest BCUT2D eigenvalue weighted by molar-refractivity contribution is 0.0106. The molecule has 3 aromatic rings. The summed E-state index contributed by atoms with van der Waals surface area (Å²) < 4.78 is 6.28. The highest BCUT2D eigenvalue weighted by atomic mass is 16.5. The van der Waals surface area contributed by atoms with E-state index in [1.54, 1.807) is 12.1 Å². The Hall–Kier alpha value is -2.69. The van der Waals surface area contributed by atoms with Crippen LogP contribution >= 0.6 is 0 Å². The largest absolute Gasteiger partial charge is 0.478 e. The van der Waals surface area contributed by atoms with E-state index < -0.39 is 5.97 Å². The first-order valence-corrected chi connectivity index (χ1v) is 9.34. The fourth-order valence-corrected chi connectivity index (χ4v) is 3.82. The van der Waals surface area contributed by atoms with Gasteiger partial charge >= 0.3 is 5.97 Å². The lowest BCUT2D eigenvalue weighted by atomic mass is 9.87. The number of rotatable bonds is 5. The van der Waals surface area contributed by atoms with Crippen LogP contribution in [-0.4, -0.2) is 30.3 Å². The lowest BCUT2D eigenvalue weighted by Crippen LogP contribution is -2.41. The summed E-state index contributed by atoms with van der Waals surface area (Å²) >= 11 is 0. The van der Waals surface area contributed by atoms with Crippen molar-refractivity contribution in [2.75, 3.05) is 13.1 Å². The van der Waals surface area contributed by atoms with Crippen molar-refractivity contribution >= 4 is 16.7 Å². The number of carboxylic acid groups (broad SMARTS) is 1. The summed E-state index contributed by atoms with van der Waals surface area (Å²) in [7, 11) is 0. The summed E-state index contributed by atoms with van der Waals surface area (Å²) in [5.74, 6) is -0.689. The molecule has 0 bridgehead atoms. The quantitative estimate of drug-likeness (QED) is 0.715. The molecule has 27 heavy (non-hydrogen) atoms. The number of carboxylic acids is 1. The van der Waals surface area contributed by atoms with Crippen molar-refractivity contribution in [1.82, 2.24) is 5.32 Å². The monoisotopic (exact) mass is 361 g/mol. The number of fused-ring (bicyclic) bond motifs is 1. The van der Waals surface area contributed by atoms with E-state index in [1.165, 1.54) is 10.8 Å². The smallest absolute Gasteiger partial charge is 0.335 e. The summed E-state index contributed by atoms with van der Waals surface area (Å²) in [6.45, 7) is 2.24. The number of ether oxygens (including phenoxy) is 1. The summed E-state index contributed by atoms with van der Waals surface area (Å²) in [6.07, 6.45) is 0.958. The zero-order chi connectivity index (χ0) is 18.6. The van der Waals surface area contributed by atoms with E-state index in [9.17, 15) is 9.90 Å². The van der Waals surface area contributed by atoms with Crippen LogP contribution < -0.4 is 5.32 Å². The maximum atomic E-state index is 11.3. The van der Waals surface area contributed by atoms with Crippen molar-refractivity contribution in [3.63, 3.8) is 0 Å². The first-order chi connectivity index (χ1) is 13.2. The van der Waals surface area contributed by atoms with Crippen LogP contribution in [0.1, 0.15) is 33.8 Å². The van der Waals surface area contributed by atoms with Gasteiger partial charge in [0.1, 0.15) is 0 Å². The van der Waals surface area contributed by atoms with E-state index in [0.717, 1.165) is 30.6 Å². The Bertz CT molecular complexity index is 953. The fraction of sp³-hybridized carbons (Fsp3) is 0.261. The Morgan fingerprint density at radius 2 is 1.89 bits per heavy atom. The third-order valence-corrected chi connectivity index (χ3v) is 5.27. The molecule has 1 aliphatic rings. The Kier molecular flexibility index (Phi) is 5.19. The maximum absolute atomic E-state index is 11.3. The number of nitrogens with one attached hydrogen (secondary N) is 1. The minimum Gasteiger partial charge on any atom is -0.478 e. The molecule has 0 aliphatic carbocycles. The van der Waals surface area contributed by atoms with Crippen LogP contribution in [0.15, 0.2) is 66.7 Å². The van der Waals surface area contributed by atoms with Crippen molar-refractivity contribution in [3.05, 3.63) is 83.4 Å².